The third-order valence-electron chi connectivity index (χ3n) is 10.8. The van der Waals surface area contributed by atoms with Crippen LogP contribution in [0.3, 0.4) is 0 Å². The smallest absolute Gasteiger partial charge is 0.405 e. The molecule has 0 aliphatic rings. The summed E-state index contributed by atoms with van der Waals surface area (Å²) in [6, 6.07) is 0. The van der Waals surface area contributed by atoms with Crippen molar-refractivity contribution in [1.29, 1.82) is 0 Å². The average Bonchev–Trinajstić information content (AvgIpc) is 3.55. The van der Waals surface area contributed by atoms with E-state index >= 15 is 0 Å². The summed E-state index contributed by atoms with van der Waals surface area (Å²) >= 11 is 0. The Morgan fingerprint density at radius 2 is 0.466 bits per heavy atom. The van der Waals surface area contributed by atoms with Crippen LogP contribution in [0.2, 0.25) is 0 Å². The predicted molar refractivity (Wildman–Crippen MR) is 306 cm³/mol. The van der Waals surface area contributed by atoms with Crippen molar-refractivity contribution in [1.82, 2.24) is 29.4 Å². The second-order valence-corrected chi connectivity index (χ2v) is 17.4. The van der Waals surface area contributed by atoms with Crippen LogP contribution in [0.25, 0.3) is 0 Å². The fourth-order valence-electron chi connectivity index (χ4n) is 6.74. The molecule has 40 heteroatoms. The fourth-order valence-corrected chi connectivity index (χ4v) is 6.74. The zero-order chi connectivity index (χ0) is 67.7. The molecule has 0 bridgehead atoms. The summed E-state index contributed by atoms with van der Waals surface area (Å²) in [7, 11) is 1.33. The van der Waals surface area contributed by atoms with Gasteiger partial charge in [-0.3, -0.25) is 62.3 Å². The summed E-state index contributed by atoms with van der Waals surface area (Å²) < 4.78 is 13.7. The van der Waals surface area contributed by atoms with Gasteiger partial charge in [0.2, 0.25) is 29.5 Å². The van der Waals surface area contributed by atoms with Crippen LogP contribution in [0, 0.1) is 0 Å². The first kappa shape index (κ1) is 87.4. The summed E-state index contributed by atoms with van der Waals surface area (Å²) in [6.07, 6.45) is 3.73. The van der Waals surface area contributed by atoms with Crippen LogP contribution in [0.1, 0.15) is 64.2 Å². The number of rotatable bonds is 48. The van der Waals surface area contributed by atoms with Gasteiger partial charge in [-0.2, -0.15) is 0 Å². The van der Waals surface area contributed by atoms with Crippen LogP contribution in [0.15, 0.2) is 0 Å². The van der Waals surface area contributed by atoms with E-state index in [9.17, 15) is 62.3 Å². The molecule has 0 saturated heterocycles. The number of aliphatic hydroxyl groups is 10. The SMILES string of the molecule is O=C(CCCCC(=O)N(CCO)CCO)N(CCO)CCO.O=C(CCCCCO)N(CCO)CCO.O=C(O)[B]C(=O)OCCN(CCO)C(=O)CCC(=O)N(CCO)CCOC(=O)[B]C(=O)O.O=C(O)[B]C(=O)OCCN(CCO)C(=O)[B]C(=O)O. The van der Waals surface area contributed by atoms with Gasteiger partial charge in [0.05, 0.1) is 79.1 Å². The highest BCUT2D eigenvalue weighted by Crippen LogP contribution is 2.08. The van der Waals surface area contributed by atoms with E-state index in [2.05, 4.69) is 14.2 Å². The van der Waals surface area contributed by atoms with Crippen LogP contribution >= 0.6 is 0 Å². The van der Waals surface area contributed by atoms with Gasteiger partial charge in [-0.25, -0.2) is 0 Å². The van der Waals surface area contributed by atoms with Gasteiger partial charge in [0.15, 0.2) is 5.81 Å². The Bertz CT molecular complexity index is 1940. The van der Waals surface area contributed by atoms with Crippen LogP contribution < -0.4 is 0 Å². The number of carbonyl (C=O) groups excluding carboxylic acids is 9. The lowest BCUT2D eigenvalue weighted by atomic mass is 9.77. The van der Waals surface area contributed by atoms with Gasteiger partial charge in [0.1, 0.15) is 19.8 Å². The molecule has 88 heavy (non-hydrogen) atoms. The van der Waals surface area contributed by atoms with Crippen LogP contribution in [0.4, 0.5) is 38.4 Å². The molecule has 14 N–H and O–H groups in total. The molecule has 0 aliphatic carbocycles. The normalized spacial score (nSPS) is 10.0. The number of amides is 6. The van der Waals surface area contributed by atoms with E-state index in [-0.39, 0.29) is 188 Å². The summed E-state index contributed by atoms with van der Waals surface area (Å²) in [5, 5.41) is 122. The van der Waals surface area contributed by atoms with Crippen molar-refractivity contribution < 1.29 is 148 Å². The Labute approximate surface area is 510 Å². The molecule has 36 nitrogen and oxygen atoms in total. The van der Waals surface area contributed by atoms with E-state index in [1.165, 1.54) is 14.7 Å². The number of carbonyl (C=O) groups is 13. The molecule has 4 radical (unpaired) electrons. The molecule has 0 fully saturated rings. The van der Waals surface area contributed by atoms with Gasteiger partial charge in [-0.1, -0.05) is 6.42 Å². The Hall–Kier alpha value is -7.03. The van der Waals surface area contributed by atoms with Crippen LogP contribution in [-0.2, 0) is 38.2 Å². The highest BCUT2D eigenvalue weighted by molar-refractivity contribution is 6.96. The second-order valence-electron chi connectivity index (χ2n) is 17.4. The van der Waals surface area contributed by atoms with Gasteiger partial charge >= 0.3 is 29.1 Å². The molecule has 0 unspecified atom stereocenters. The standard InChI is InChI=1S/C16H24B2N2O12.C14H28N2O6.C10H21NO4.C8H11B2NO8/c21-7-3-19(5-9-31-15(29)17-13(25)26)11(23)1-2-12(24)20(4-8-22)6-10-32-16(30)18-14(27)28;17-9-5-15(6-10-18)13(21)3-1-2-4-14(22)16(7-11-19)8-12-20;12-7-3-1-2-4-10(15)11(5-8-13)6-9-14;12-3-1-11(5(13)9-6(14)15)2-4-19-8(18)10-7(16)17/h21-22H,1-10H2,(H,25,26)(H,27,28);17-20H,1-12H2;12-14H,1-9H2;12H,1-4H2,(H,14,15)(H,16,17). The van der Waals surface area contributed by atoms with Gasteiger partial charge in [0.25, 0.3) is 41.1 Å². The number of hydrogen-bond donors (Lipinski definition) is 14. The predicted octanol–water partition coefficient (Wildman–Crippen LogP) is -4.73. The van der Waals surface area contributed by atoms with E-state index < -0.39 is 78.5 Å². The lowest BCUT2D eigenvalue weighted by Gasteiger charge is -2.24. The average molecular weight is 1270 g/mol. The van der Waals surface area contributed by atoms with Crippen molar-refractivity contribution in [2.75, 3.05) is 164 Å². The summed E-state index contributed by atoms with van der Waals surface area (Å²) in [5.41, 5.74) is 0. The summed E-state index contributed by atoms with van der Waals surface area (Å²) in [4.78, 5) is 153. The first-order valence-electron chi connectivity index (χ1n) is 27.4. The van der Waals surface area contributed by atoms with E-state index in [0.717, 1.165) is 27.5 Å². The zero-order valence-electron chi connectivity index (χ0n) is 49.0. The number of ether oxygens (including phenoxy) is 3. The van der Waals surface area contributed by atoms with Crippen LogP contribution in [-0.4, -0.2) is 371 Å². The highest BCUT2D eigenvalue weighted by atomic mass is 16.5. The van der Waals surface area contributed by atoms with Crippen molar-refractivity contribution in [3.8, 4) is 0 Å². The van der Waals surface area contributed by atoms with Gasteiger partial charge in [-0.05, 0) is 25.7 Å². The molecule has 0 saturated carbocycles. The summed E-state index contributed by atoms with van der Waals surface area (Å²) in [5.74, 6) is -11.5. The molecule has 0 spiro atoms. The summed E-state index contributed by atoms with van der Waals surface area (Å²) in [6.45, 7) is -2.22. The third-order valence-corrected chi connectivity index (χ3v) is 10.8. The Morgan fingerprint density at radius 3 is 0.705 bits per heavy atom. The molecule has 6 amide bonds. The Kier molecular flexibility index (Phi) is 58.6. The largest absolute Gasteiger partial charge is 0.489 e. The number of aliphatic hydroxyl groups excluding tert-OH is 10. The maximum atomic E-state index is 12.3. The van der Waals surface area contributed by atoms with Crippen molar-refractivity contribution in [3.05, 3.63) is 0 Å². The number of hydrogen-bond acceptors (Lipinski definition) is 26. The van der Waals surface area contributed by atoms with Crippen molar-refractivity contribution >= 4 is 106 Å². The van der Waals surface area contributed by atoms with Crippen LogP contribution in [0.5, 0.6) is 0 Å². The van der Waals surface area contributed by atoms with Gasteiger partial charge < -0.3 is 115 Å². The number of nitrogens with zero attached hydrogens (tertiary/aromatic N) is 6. The molecule has 0 aliphatic heterocycles. The molecule has 498 valence electrons. The Morgan fingerprint density at radius 1 is 0.250 bits per heavy atom. The van der Waals surface area contributed by atoms with Gasteiger partial charge in [-0.15, -0.1) is 0 Å². The molecule has 0 atom stereocenters. The first-order valence-corrected chi connectivity index (χ1v) is 27.4. The fraction of sp³-hybridized carbons (Fsp3) is 0.729. The van der Waals surface area contributed by atoms with E-state index in [0.29, 0.717) is 54.8 Å². The first-order chi connectivity index (χ1) is 41.8. The quantitative estimate of drug-likeness (QED) is 0.0155. The minimum absolute atomic E-state index is 0.0453. The van der Waals surface area contributed by atoms with Crippen molar-refractivity contribution in [3.63, 3.8) is 0 Å². The van der Waals surface area contributed by atoms with E-state index in [1.54, 1.807) is 0 Å². The second kappa shape index (κ2) is 59.0. The molecule has 0 aromatic carbocycles. The maximum absolute atomic E-state index is 12.3. The van der Waals surface area contributed by atoms with Gasteiger partial charge in [0, 0.05) is 97.6 Å². The number of unbranched alkanes of at least 4 members (excludes halogenated alkanes) is 3. The monoisotopic (exact) mass is 1270 g/mol. The zero-order valence-corrected chi connectivity index (χ0v) is 49.0. The lowest BCUT2D eigenvalue weighted by molar-refractivity contribution is -0.138. The maximum Gasteiger partial charge on any atom is 0.405 e. The molecular formula is C48H84B4N6O30. The van der Waals surface area contributed by atoms with Crippen molar-refractivity contribution in [2.24, 2.45) is 0 Å². The van der Waals surface area contributed by atoms with Crippen molar-refractivity contribution in [2.45, 2.75) is 64.2 Å². The molecule has 0 rings (SSSR count). The molecule has 0 aromatic rings. The van der Waals surface area contributed by atoms with E-state index in [4.69, 9.17) is 71.5 Å². The highest BCUT2D eigenvalue weighted by Gasteiger charge is 2.23. The lowest BCUT2D eigenvalue weighted by Crippen LogP contribution is -2.40. The molecular weight excluding hydrogens is 1180 g/mol. The molecule has 0 heterocycles. The van der Waals surface area contributed by atoms with E-state index in [1.807, 2.05) is 0 Å². The Balaban J connectivity index is -0.000000556. The molecule has 0 aromatic heterocycles. The third kappa shape index (κ3) is 52.1. The topological polar surface area (TPSA) is 552 Å². The number of carboxylic acid groups (broad SMARTS) is 4. The minimum atomic E-state index is -1.49. The minimum Gasteiger partial charge on any atom is -0.489 e.